The van der Waals surface area contributed by atoms with Crippen LogP contribution in [0.3, 0.4) is 0 Å². The van der Waals surface area contributed by atoms with E-state index in [9.17, 15) is 10.0 Å². The largest absolute Gasteiger partial charge is 0.489 e. The lowest BCUT2D eigenvalue weighted by Crippen LogP contribution is -2.30. The maximum absolute atomic E-state index is 12.2. The number of hydroxylamine groups is 2. The number of aryl methyl sites for hydroxylation is 1. The van der Waals surface area contributed by atoms with Crippen LogP contribution >= 0.6 is 0 Å². The van der Waals surface area contributed by atoms with E-state index in [0.29, 0.717) is 13.2 Å². The zero-order chi connectivity index (χ0) is 19.6. The summed E-state index contributed by atoms with van der Waals surface area (Å²) >= 11 is 0. The number of nitrogens with zero attached hydrogens (tertiary/aromatic N) is 1. The van der Waals surface area contributed by atoms with E-state index in [4.69, 9.17) is 4.74 Å². The van der Waals surface area contributed by atoms with Crippen LogP contribution in [0.1, 0.15) is 23.1 Å². The summed E-state index contributed by atoms with van der Waals surface area (Å²) in [5, 5.41) is 10.8. The van der Waals surface area contributed by atoms with Crippen molar-refractivity contribution in [1.29, 1.82) is 0 Å². The zero-order valence-electron chi connectivity index (χ0n) is 15.8. The van der Waals surface area contributed by atoms with Gasteiger partial charge in [0.05, 0.1) is 6.42 Å². The van der Waals surface area contributed by atoms with E-state index in [0.717, 1.165) is 34.8 Å². The Bertz CT molecular complexity index is 848. The summed E-state index contributed by atoms with van der Waals surface area (Å²) in [6.07, 6.45) is 1.72. The van der Waals surface area contributed by atoms with Gasteiger partial charge in [-0.2, -0.15) is 0 Å². The molecule has 4 heteroatoms. The van der Waals surface area contributed by atoms with Crippen LogP contribution < -0.4 is 4.74 Å². The Morgan fingerprint density at radius 3 is 2.04 bits per heavy atom. The molecule has 3 aromatic rings. The molecule has 0 radical (unpaired) electrons. The van der Waals surface area contributed by atoms with Crippen molar-refractivity contribution in [2.75, 3.05) is 6.54 Å². The molecule has 0 unspecified atom stereocenters. The molecule has 0 aliphatic carbocycles. The summed E-state index contributed by atoms with van der Waals surface area (Å²) < 4.78 is 5.75. The summed E-state index contributed by atoms with van der Waals surface area (Å²) in [7, 11) is 0. The molecule has 0 aromatic heterocycles. The maximum atomic E-state index is 12.2. The van der Waals surface area contributed by atoms with Gasteiger partial charge in [-0.1, -0.05) is 72.8 Å². The van der Waals surface area contributed by atoms with Crippen molar-refractivity contribution in [3.63, 3.8) is 0 Å². The van der Waals surface area contributed by atoms with Gasteiger partial charge in [0.15, 0.2) is 0 Å². The highest BCUT2D eigenvalue weighted by atomic mass is 16.5. The predicted molar refractivity (Wildman–Crippen MR) is 109 cm³/mol. The third-order valence-corrected chi connectivity index (χ3v) is 4.49. The lowest BCUT2D eigenvalue weighted by molar-refractivity contribution is -0.164. The van der Waals surface area contributed by atoms with Crippen LogP contribution in [0.5, 0.6) is 5.75 Å². The van der Waals surface area contributed by atoms with Gasteiger partial charge in [0.1, 0.15) is 12.4 Å². The molecule has 0 spiro atoms. The second-order valence-corrected chi connectivity index (χ2v) is 6.70. The predicted octanol–water partition coefficient (Wildman–Crippen LogP) is 4.66. The molecule has 0 heterocycles. The fraction of sp³-hybridized carbons (Fsp3) is 0.208. The normalized spacial score (nSPS) is 10.5. The van der Waals surface area contributed by atoms with E-state index in [1.807, 2.05) is 84.9 Å². The van der Waals surface area contributed by atoms with Gasteiger partial charge >= 0.3 is 0 Å². The Morgan fingerprint density at radius 1 is 0.786 bits per heavy atom. The molecular formula is C24H25NO3. The van der Waals surface area contributed by atoms with Crippen LogP contribution in [0.2, 0.25) is 0 Å². The first-order valence-corrected chi connectivity index (χ1v) is 9.49. The fourth-order valence-electron chi connectivity index (χ4n) is 2.91. The molecule has 0 saturated heterocycles. The summed E-state index contributed by atoms with van der Waals surface area (Å²) in [5.74, 6) is 0.454. The number of hydrogen-bond donors (Lipinski definition) is 1. The highest BCUT2D eigenvalue weighted by molar-refractivity contribution is 5.77. The van der Waals surface area contributed by atoms with Crippen LogP contribution in [0.15, 0.2) is 84.9 Å². The van der Waals surface area contributed by atoms with Crippen LogP contribution in [0, 0.1) is 0 Å². The minimum absolute atomic E-state index is 0.167. The van der Waals surface area contributed by atoms with Gasteiger partial charge in [-0.25, -0.2) is 5.06 Å². The van der Waals surface area contributed by atoms with Gasteiger partial charge in [-0.05, 0) is 41.7 Å². The number of carbonyl (C=O) groups is 1. The highest BCUT2D eigenvalue weighted by Crippen LogP contribution is 2.15. The minimum atomic E-state index is -0.300. The zero-order valence-corrected chi connectivity index (χ0v) is 15.8. The van der Waals surface area contributed by atoms with Crippen molar-refractivity contribution in [1.82, 2.24) is 5.06 Å². The molecule has 0 aliphatic rings. The third-order valence-electron chi connectivity index (χ3n) is 4.49. The summed E-state index contributed by atoms with van der Waals surface area (Å²) in [6, 6.07) is 27.4. The molecule has 0 aliphatic heterocycles. The molecule has 0 atom stereocenters. The van der Waals surface area contributed by atoms with Crippen molar-refractivity contribution in [3.05, 3.63) is 102 Å². The molecule has 0 fully saturated rings. The van der Waals surface area contributed by atoms with Crippen molar-refractivity contribution < 1.29 is 14.7 Å². The van der Waals surface area contributed by atoms with Crippen LogP contribution in [0.25, 0.3) is 0 Å². The molecule has 3 aromatic carbocycles. The van der Waals surface area contributed by atoms with E-state index in [-0.39, 0.29) is 12.3 Å². The Hall–Kier alpha value is -3.11. The monoisotopic (exact) mass is 375 g/mol. The summed E-state index contributed by atoms with van der Waals surface area (Å²) in [6.45, 7) is 0.830. The van der Waals surface area contributed by atoms with Gasteiger partial charge in [-0.15, -0.1) is 0 Å². The van der Waals surface area contributed by atoms with Gasteiger partial charge < -0.3 is 4.74 Å². The fourth-order valence-corrected chi connectivity index (χ4v) is 2.91. The molecule has 1 N–H and O–H groups in total. The van der Waals surface area contributed by atoms with Crippen LogP contribution in [-0.4, -0.2) is 22.7 Å². The number of benzene rings is 3. The van der Waals surface area contributed by atoms with Crippen LogP contribution in [-0.2, 0) is 24.2 Å². The smallest absolute Gasteiger partial charge is 0.250 e. The number of carbonyl (C=O) groups excluding carboxylic acids is 1. The topological polar surface area (TPSA) is 49.8 Å². The SMILES string of the molecule is O=C(Cc1ccc(OCc2ccccc2)cc1)N(O)CCCc1ccccc1. The second kappa shape index (κ2) is 10.3. The lowest BCUT2D eigenvalue weighted by Gasteiger charge is -2.15. The third kappa shape index (κ3) is 6.25. The Labute approximate surface area is 166 Å². The number of hydrogen-bond acceptors (Lipinski definition) is 3. The number of rotatable bonds is 9. The Balaban J connectivity index is 1.41. The van der Waals surface area contributed by atoms with Gasteiger partial charge in [0, 0.05) is 6.54 Å². The van der Waals surface area contributed by atoms with Crippen molar-refractivity contribution >= 4 is 5.91 Å². The Morgan fingerprint density at radius 2 is 1.39 bits per heavy atom. The molecule has 144 valence electrons. The lowest BCUT2D eigenvalue weighted by atomic mass is 10.1. The van der Waals surface area contributed by atoms with E-state index < -0.39 is 0 Å². The van der Waals surface area contributed by atoms with E-state index >= 15 is 0 Å². The van der Waals surface area contributed by atoms with Crippen LogP contribution in [0.4, 0.5) is 0 Å². The molecule has 4 nitrogen and oxygen atoms in total. The van der Waals surface area contributed by atoms with Gasteiger partial charge in [-0.3, -0.25) is 10.0 Å². The van der Waals surface area contributed by atoms with E-state index in [2.05, 4.69) is 0 Å². The van der Waals surface area contributed by atoms with Gasteiger partial charge in [0.2, 0.25) is 5.91 Å². The second-order valence-electron chi connectivity index (χ2n) is 6.70. The minimum Gasteiger partial charge on any atom is -0.489 e. The molecule has 28 heavy (non-hydrogen) atoms. The first-order chi connectivity index (χ1) is 13.7. The van der Waals surface area contributed by atoms with E-state index in [1.54, 1.807) is 0 Å². The number of ether oxygens (including phenoxy) is 1. The van der Waals surface area contributed by atoms with Crippen molar-refractivity contribution in [3.8, 4) is 5.75 Å². The number of amides is 1. The van der Waals surface area contributed by atoms with Crippen molar-refractivity contribution in [2.24, 2.45) is 0 Å². The van der Waals surface area contributed by atoms with E-state index in [1.165, 1.54) is 5.56 Å². The summed E-state index contributed by atoms with van der Waals surface area (Å²) in [5.41, 5.74) is 3.15. The quantitative estimate of drug-likeness (QED) is 0.437. The molecule has 3 rings (SSSR count). The molecule has 0 bridgehead atoms. The first kappa shape index (κ1) is 19.6. The first-order valence-electron chi connectivity index (χ1n) is 9.49. The van der Waals surface area contributed by atoms with Crippen molar-refractivity contribution in [2.45, 2.75) is 25.9 Å². The van der Waals surface area contributed by atoms with Gasteiger partial charge in [0.25, 0.3) is 0 Å². The average Bonchev–Trinajstić information content (AvgIpc) is 2.74. The highest BCUT2D eigenvalue weighted by Gasteiger charge is 2.11. The standard InChI is InChI=1S/C24H25NO3/c26-24(25(27)17-7-12-20-8-3-1-4-9-20)18-21-13-15-23(16-14-21)28-19-22-10-5-2-6-11-22/h1-6,8-11,13-16,27H,7,12,17-19H2. The molecule has 1 amide bonds. The summed E-state index contributed by atoms with van der Waals surface area (Å²) in [4.78, 5) is 12.2. The average molecular weight is 375 g/mol. The Kier molecular flexibility index (Phi) is 7.21. The maximum Gasteiger partial charge on any atom is 0.250 e. The molecule has 0 saturated carbocycles. The molecular weight excluding hydrogens is 350 g/mol.